The van der Waals surface area contributed by atoms with Crippen LogP contribution in [0.4, 0.5) is 0 Å². The van der Waals surface area contributed by atoms with Gasteiger partial charge < -0.3 is 10.4 Å². The van der Waals surface area contributed by atoms with E-state index in [0.717, 1.165) is 18.5 Å². The summed E-state index contributed by atoms with van der Waals surface area (Å²) >= 11 is 1.18. The lowest BCUT2D eigenvalue weighted by Gasteiger charge is -2.22. The van der Waals surface area contributed by atoms with Gasteiger partial charge in [0.1, 0.15) is 0 Å². The molecule has 1 rings (SSSR count). The molecule has 2 N–H and O–H groups in total. The third kappa shape index (κ3) is 4.09. The van der Waals surface area contributed by atoms with Crippen molar-refractivity contribution in [3.05, 3.63) is 16.1 Å². The predicted octanol–water partition coefficient (Wildman–Crippen LogP) is 2.76. The van der Waals surface area contributed by atoms with Crippen LogP contribution in [0.1, 0.15) is 49.1 Å². The lowest BCUT2D eigenvalue weighted by atomic mass is 9.95. The highest BCUT2D eigenvalue weighted by Crippen LogP contribution is 2.14. The van der Waals surface area contributed by atoms with Crippen LogP contribution < -0.4 is 5.32 Å². The fourth-order valence-electron chi connectivity index (χ4n) is 1.91. The lowest BCUT2D eigenvalue weighted by Crippen LogP contribution is -2.32. The molecule has 0 fully saturated rings. The van der Waals surface area contributed by atoms with E-state index >= 15 is 0 Å². The van der Waals surface area contributed by atoms with Crippen molar-refractivity contribution in [3.8, 4) is 0 Å². The van der Waals surface area contributed by atoms with Crippen molar-refractivity contribution in [2.24, 2.45) is 5.92 Å². The highest BCUT2D eigenvalue weighted by molar-refractivity contribution is 7.11. The molecule has 0 aliphatic heterocycles. The number of carbonyl (C=O) groups is 1. The molecule has 1 aromatic rings. The van der Waals surface area contributed by atoms with Crippen molar-refractivity contribution in [2.45, 2.75) is 46.2 Å². The summed E-state index contributed by atoms with van der Waals surface area (Å²) in [6.45, 7) is 7.19. The van der Waals surface area contributed by atoms with Gasteiger partial charge in [0, 0.05) is 18.0 Å². The minimum atomic E-state index is -0.950. The molecule has 17 heavy (non-hydrogen) atoms. The number of hydrogen-bond acceptors (Lipinski definition) is 4. The molecule has 1 heterocycles. The smallest absolute Gasteiger partial charge is 0.365 e. The molecule has 0 saturated carbocycles. The lowest BCUT2D eigenvalue weighted by molar-refractivity contribution is 0.0696. The van der Waals surface area contributed by atoms with Gasteiger partial charge in [-0.15, -0.1) is 11.3 Å². The Kier molecular flexibility index (Phi) is 5.58. The Hall–Kier alpha value is -0.940. The van der Waals surface area contributed by atoms with Crippen LogP contribution in [0.5, 0.6) is 0 Å². The monoisotopic (exact) mass is 256 g/mol. The van der Waals surface area contributed by atoms with Gasteiger partial charge in [-0.25, -0.2) is 9.78 Å². The van der Waals surface area contributed by atoms with Gasteiger partial charge in [-0.2, -0.15) is 0 Å². The Bertz CT molecular complexity index is 361. The van der Waals surface area contributed by atoms with Gasteiger partial charge in [0.25, 0.3) is 0 Å². The first-order valence-corrected chi connectivity index (χ1v) is 6.87. The molecular weight excluding hydrogens is 236 g/mol. The maximum Gasteiger partial charge on any atom is 0.365 e. The van der Waals surface area contributed by atoms with Crippen molar-refractivity contribution >= 4 is 17.3 Å². The van der Waals surface area contributed by atoms with E-state index in [9.17, 15) is 4.79 Å². The second-order valence-corrected chi connectivity index (χ2v) is 5.05. The predicted molar refractivity (Wildman–Crippen MR) is 69.4 cm³/mol. The molecule has 0 aliphatic rings. The van der Waals surface area contributed by atoms with E-state index in [1.807, 2.05) is 0 Å². The normalized spacial score (nSPS) is 12.9. The van der Waals surface area contributed by atoms with Crippen molar-refractivity contribution < 1.29 is 9.90 Å². The largest absolute Gasteiger partial charge is 0.476 e. The van der Waals surface area contributed by atoms with Crippen molar-refractivity contribution in [2.75, 3.05) is 0 Å². The number of carboxylic acids is 1. The first kappa shape index (κ1) is 14.1. The van der Waals surface area contributed by atoms with E-state index in [0.29, 0.717) is 18.5 Å². The molecule has 0 bridgehead atoms. The second kappa shape index (κ2) is 6.71. The van der Waals surface area contributed by atoms with Crippen LogP contribution in [-0.2, 0) is 6.54 Å². The number of nitrogens with one attached hydrogen (secondary N) is 1. The topological polar surface area (TPSA) is 62.2 Å². The van der Waals surface area contributed by atoms with Crippen LogP contribution >= 0.6 is 11.3 Å². The Labute approximate surface area is 106 Å². The molecule has 0 amide bonds. The zero-order valence-corrected chi connectivity index (χ0v) is 11.4. The number of rotatable bonds is 7. The standard InChI is InChI=1S/C12H20N2O2S/c1-4-9(5-2)8(3)13-6-10-7-17-11(14-10)12(15)16/h7-9,13H,4-6H2,1-3H3,(H,15,16). The van der Waals surface area contributed by atoms with Crippen molar-refractivity contribution in [1.82, 2.24) is 10.3 Å². The summed E-state index contributed by atoms with van der Waals surface area (Å²) in [5.74, 6) is -0.290. The van der Waals surface area contributed by atoms with Crippen molar-refractivity contribution in [3.63, 3.8) is 0 Å². The van der Waals surface area contributed by atoms with Gasteiger partial charge in [0.05, 0.1) is 5.69 Å². The first-order valence-electron chi connectivity index (χ1n) is 5.99. The number of thiazole rings is 1. The zero-order valence-electron chi connectivity index (χ0n) is 10.6. The molecule has 0 radical (unpaired) electrons. The molecule has 0 aromatic carbocycles. The summed E-state index contributed by atoms with van der Waals surface area (Å²) in [6, 6.07) is 0.431. The zero-order chi connectivity index (χ0) is 12.8. The van der Waals surface area contributed by atoms with Crippen LogP contribution in [0.2, 0.25) is 0 Å². The molecule has 0 saturated heterocycles. The average Bonchev–Trinajstić information content (AvgIpc) is 2.76. The van der Waals surface area contributed by atoms with Gasteiger partial charge in [0.15, 0.2) is 0 Å². The van der Waals surface area contributed by atoms with Crippen LogP contribution in [-0.4, -0.2) is 22.1 Å². The molecule has 5 heteroatoms. The highest BCUT2D eigenvalue weighted by Gasteiger charge is 2.14. The summed E-state index contributed by atoms with van der Waals surface area (Å²) < 4.78 is 0. The molecule has 1 unspecified atom stereocenters. The quantitative estimate of drug-likeness (QED) is 0.787. The van der Waals surface area contributed by atoms with Crippen LogP contribution in [0.15, 0.2) is 5.38 Å². The summed E-state index contributed by atoms with van der Waals surface area (Å²) in [5.41, 5.74) is 0.810. The Morgan fingerprint density at radius 1 is 1.53 bits per heavy atom. The molecule has 1 atom stereocenters. The Morgan fingerprint density at radius 3 is 2.65 bits per heavy atom. The van der Waals surface area contributed by atoms with Gasteiger partial charge in [-0.05, 0) is 12.8 Å². The second-order valence-electron chi connectivity index (χ2n) is 4.20. The van der Waals surface area contributed by atoms with E-state index in [4.69, 9.17) is 5.11 Å². The molecule has 1 aromatic heterocycles. The number of carboxylic acid groups (broad SMARTS) is 1. The minimum absolute atomic E-state index is 0.164. The third-order valence-corrected chi connectivity index (χ3v) is 3.97. The van der Waals surface area contributed by atoms with E-state index in [1.165, 1.54) is 11.3 Å². The fraction of sp³-hybridized carbons (Fsp3) is 0.667. The highest BCUT2D eigenvalue weighted by atomic mass is 32.1. The Morgan fingerprint density at radius 2 is 2.18 bits per heavy atom. The summed E-state index contributed by atoms with van der Waals surface area (Å²) in [6.07, 6.45) is 2.31. The van der Waals surface area contributed by atoms with Crippen molar-refractivity contribution in [1.29, 1.82) is 0 Å². The fourth-order valence-corrected chi connectivity index (χ4v) is 2.57. The van der Waals surface area contributed by atoms with Gasteiger partial charge >= 0.3 is 5.97 Å². The SMILES string of the molecule is CCC(CC)C(C)NCc1csc(C(=O)O)n1. The van der Waals surface area contributed by atoms with Crippen LogP contribution in [0, 0.1) is 5.92 Å². The van der Waals surface area contributed by atoms with Gasteiger partial charge in [-0.1, -0.05) is 26.7 Å². The van der Waals surface area contributed by atoms with Crippen LogP contribution in [0.25, 0.3) is 0 Å². The van der Waals surface area contributed by atoms with E-state index < -0.39 is 5.97 Å². The minimum Gasteiger partial charge on any atom is -0.476 e. The Balaban J connectivity index is 2.46. The summed E-state index contributed by atoms with van der Waals surface area (Å²) in [4.78, 5) is 14.7. The first-order chi connectivity index (χ1) is 8.08. The summed E-state index contributed by atoms with van der Waals surface area (Å²) in [5, 5.41) is 14.1. The molecule has 96 valence electrons. The number of aromatic carboxylic acids is 1. The van der Waals surface area contributed by atoms with Crippen LogP contribution in [0.3, 0.4) is 0 Å². The molecule has 0 aliphatic carbocycles. The molecule has 0 spiro atoms. The van der Waals surface area contributed by atoms with Gasteiger partial charge in [0.2, 0.25) is 5.01 Å². The van der Waals surface area contributed by atoms with E-state index in [1.54, 1.807) is 5.38 Å². The van der Waals surface area contributed by atoms with Gasteiger partial charge in [-0.3, -0.25) is 0 Å². The number of nitrogens with zero attached hydrogens (tertiary/aromatic N) is 1. The molecular formula is C12H20N2O2S. The third-order valence-electron chi connectivity index (χ3n) is 3.10. The number of aromatic nitrogens is 1. The number of hydrogen-bond donors (Lipinski definition) is 2. The maximum absolute atomic E-state index is 10.7. The molecule has 4 nitrogen and oxygen atoms in total. The summed E-state index contributed by atoms with van der Waals surface area (Å²) in [7, 11) is 0. The maximum atomic E-state index is 10.7. The van der Waals surface area contributed by atoms with E-state index in [-0.39, 0.29) is 5.01 Å². The average molecular weight is 256 g/mol. The van der Waals surface area contributed by atoms with E-state index in [2.05, 4.69) is 31.1 Å².